The summed E-state index contributed by atoms with van der Waals surface area (Å²) in [5.41, 5.74) is 4.58. The van der Waals surface area contributed by atoms with E-state index in [0.717, 1.165) is 25.5 Å². The van der Waals surface area contributed by atoms with Crippen LogP contribution in [0.15, 0.2) is 60.8 Å². The van der Waals surface area contributed by atoms with Crippen LogP contribution in [-0.2, 0) is 9.59 Å². The molecule has 0 atom stereocenters. The van der Waals surface area contributed by atoms with E-state index in [1.54, 1.807) is 4.90 Å². The van der Waals surface area contributed by atoms with Crippen molar-refractivity contribution in [3.8, 4) is 11.5 Å². The number of anilines is 3. The maximum absolute atomic E-state index is 15.4. The van der Waals surface area contributed by atoms with Gasteiger partial charge in [0.25, 0.3) is 0 Å². The Hall–Kier alpha value is -4.58. The van der Waals surface area contributed by atoms with E-state index in [9.17, 15) is 18.8 Å². The minimum absolute atomic E-state index is 0.121. The molecule has 4 amide bonds. The van der Waals surface area contributed by atoms with Crippen LogP contribution in [-0.4, -0.2) is 66.4 Å². The molecule has 0 unspecified atom stereocenters. The third-order valence-electron chi connectivity index (χ3n) is 8.27. The number of urea groups is 1. The van der Waals surface area contributed by atoms with E-state index < -0.39 is 28.9 Å². The fourth-order valence-electron chi connectivity index (χ4n) is 5.69. The number of nitrogens with two attached hydrogens (primary N) is 1. The van der Waals surface area contributed by atoms with Gasteiger partial charge >= 0.3 is 6.03 Å². The van der Waals surface area contributed by atoms with Gasteiger partial charge in [-0.3, -0.25) is 19.8 Å². The zero-order chi connectivity index (χ0) is 31.4. The highest BCUT2D eigenvalue weighted by atomic mass is 19.1. The Kier molecular flexibility index (Phi) is 9.09. The Morgan fingerprint density at radius 3 is 2.30 bits per heavy atom. The van der Waals surface area contributed by atoms with Gasteiger partial charge in [-0.1, -0.05) is 6.42 Å². The van der Waals surface area contributed by atoms with Crippen LogP contribution in [0.3, 0.4) is 0 Å². The molecule has 1 aliphatic carbocycles. The van der Waals surface area contributed by atoms with Gasteiger partial charge in [0.2, 0.25) is 11.8 Å². The van der Waals surface area contributed by atoms with Gasteiger partial charge < -0.3 is 20.3 Å². The Morgan fingerprint density at radius 2 is 1.70 bits per heavy atom. The SMILES string of the molecule is CN(C)CC1CCN(C(=O)Nc2cc(Oc3ccc(N(C(=O)C4(C(N)=O)CCC4)c4ccc(F)cc4)cc3F)ccn2)CC1. The fourth-order valence-corrected chi connectivity index (χ4v) is 5.69. The Balaban J connectivity index is 1.30. The molecule has 1 saturated carbocycles. The van der Waals surface area contributed by atoms with Crippen molar-refractivity contribution in [2.24, 2.45) is 17.1 Å². The topological polar surface area (TPSA) is 121 Å². The minimum Gasteiger partial charge on any atom is -0.454 e. The number of halogens is 2. The maximum atomic E-state index is 15.4. The second-order valence-electron chi connectivity index (χ2n) is 11.6. The summed E-state index contributed by atoms with van der Waals surface area (Å²) in [6.45, 7) is 2.29. The summed E-state index contributed by atoms with van der Waals surface area (Å²) in [7, 11) is 4.08. The average Bonchev–Trinajstić information content (AvgIpc) is 2.95. The molecule has 0 radical (unpaired) electrons. The van der Waals surface area contributed by atoms with E-state index in [0.29, 0.717) is 25.4 Å². The second kappa shape index (κ2) is 13.0. The monoisotopic (exact) mass is 606 g/mol. The van der Waals surface area contributed by atoms with Crippen LogP contribution >= 0.6 is 0 Å². The van der Waals surface area contributed by atoms with Crippen molar-refractivity contribution >= 4 is 35.0 Å². The predicted molar refractivity (Wildman–Crippen MR) is 162 cm³/mol. The summed E-state index contributed by atoms with van der Waals surface area (Å²) in [4.78, 5) is 48.1. The zero-order valence-corrected chi connectivity index (χ0v) is 24.8. The highest BCUT2D eigenvalue weighted by Gasteiger charge is 2.52. The molecule has 2 aliphatic rings. The first-order valence-electron chi connectivity index (χ1n) is 14.6. The lowest BCUT2D eigenvalue weighted by Gasteiger charge is -2.40. The van der Waals surface area contributed by atoms with Crippen LogP contribution in [0, 0.1) is 23.0 Å². The van der Waals surface area contributed by atoms with Gasteiger partial charge in [-0.15, -0.1) is 0 Å². The van der Waals surface area contributed by atoms with Crippen molar-refractivity contribution in [2.45, 2.75) is 32.1 Å². The number of carbonyl (C=O) groups is 3. The molecule has 1 saturated heterocycles. The fraction of sp³-hybridized carbons (Fsp3) is 0.375. The normalized spacial score (nSPS) is 16.2. The van der Waals surface area contributed by atoms with Gasteiger partial charge in [0.1, 0.15) is 22.8 Å². The summed E-state index contributed by atoms with van der Waals surface area (Å²) in [6, 6.07) is 11.8. The molecular formula is C32H36F2N6O4. The number of hydrogen-bond donors (Lipinski definition) is 2. The number of benzene rings is 2. The van der Waals surface area contributed by atoms with Crippen molar-refractivity contribution in [1.29, 1.82) is 0 Å². The van der Waals surface area contributed by atoms with Gasteiger partial charge in [0, 0.05) is 43.7 Å². The van der Waals surface area contributed by atoms with Gasteiger partial charge in [-0.25, -0.2) is 18.6 Å². The summed E-state index contributed by atoms with van der Waals surface area (Å²) in [6.07, 6.45) is 4.49. The molecule has 10 nitrogen and oxygen atoms in total. The number of primary amides is 1. The standard InChI is InChI=1S/C32H36F2N6O4/c1-38(2)20-21-11-16-39(17-12-21)31(43)37-28-19-25(10-15-36-28)44-27-9-8-24(18-26(27)34)40(23-6-4-22(33)5-7-23)30(42)32(29(35)41)13-3-14-32/h4-10,15,18-19,21H,3,11-14,16-17,20H2,1-2H3,(H2,35,41)(H,36,37,43). The van der Waals surface area contributed by atoms with Crippen LogP contribution in [0.2, 0.25) is 0 Å². The second-order valence-corrected chi connectivity index (χ2v) is 11.6. The van der Waals surface area contributed by atoms with Crippen LogP contribution in [0.5, 0.6) is 11.5 Å². The number of rotatable bonds is 9. The van der Waals surface area contributed by atoms with E-state index in [1.807, 2.05) is 14.1 Å². The summed E-state index contributed by atoms with van der Waals surface area (Å²) < 4.78 is 34.9. The number of ether oxygens (including phenoxy) is 1. The first-order chi connectivity index (χ1) is 21.1. The quantitative estimate of drug-likeness (QED) is 0.320. The van der Waals surface area contributed by atoms with Gasteiger partial charge in [-0.05, 0) is 88.2 Å². The van der Waals surface area contributed by atoms with Gasteiger partial charge in [-0.2, -0.15) is 0 Å². The summed E-state index contributed by atoms with van der Waals surface area (Å²) >= 11 is 0. The van der Waals surface area contributed by atoms with Crippen molar-refractivity contribution in [2.75, 3.05) is 43.9 Å². The van der Waals surface area contributed by atoms with Crippen LogP contribution < -0.4 is 20.7 Å². The third-order valence-corrected chi connectivity index (χ3v) is 8.27. The molecule has 12 heteroatoms. The van der Waals surface area contributed by atoms with E-state index in [1.165, 1.54) is 59.6 Å². The first-order valence-corrected chi connectivity index (χ1v) is 14.6. The number of pyridine rings is 1. The Bertz CT molecular complexity index is 1520. The molecular weight excluding hydrogens is 570 g/mol. The van der Waals surface area contributed by atoms with E-state index in [-0.39, 0.29) is 47.6 Å². The highest BCUT2D eigenvalue weighted by molar-refractivity contribution is 6.15. The van der Waals surface area contributed by atoms with E-state index in [4.69, 9.17) is 10.5 Å². The third kappa shape index (κ3) is 6.65. The Morgan fingerprint density at radius 1 is 1.02 bits per heavy atom. The molecule has 44 heavy (non-hydrogen) atoms. The molecule has 1 aliphatic heterocycles. The lowest BCUT2D eigenvalue weighted by Crippen LogP contribution is -2.54. The largest absolute Gasteiger partial charge is 0.454 e. The molecule has 0 spiro atoms. The van der Waals surface area contributed by atoms with Gasteiger partial charge in [0.15, 0.2) is 11.6 Å². The molecule has 232 valence electrons. The smallest absolute Gasteiger partial charge is 0.323 e. The zero-order valence-electron chi connectivity index (χ0n) is 24.8. The number of piperidine rings is 1. The lowest BCUT2D eigenvalue weighted by atomic mass is 9.67. The number of amides is 4. The van der Waals surface area contributed by atoms with Crippen molar-refractivity contribution in [1.82, 2.24) is 14.8 Å². The number of carbonyl (C=O) groups excluding carboxylic acids is 3. The molecule has 2 aromatic carbocycles. The molecule has 5 rings (SSSR count). The lowest BCUT2D eigenvalue weighted by molar-refractivity contribution is -0.145. The van der Waals surface area contributed by atoms with Crippen molar-refractivity contribution < 1.29 is 27.9 Å². The number of nitrogens with one attached hydrogen (secondary N) is 1. The first kappa shape index (κ1) is 30.9. The maximum Gasteiger partial charge on any atom is 0.323 e. The molecule has 1 aromatic heterocycles. The van der Waals surface area contributed by atoms with Crippen LogP contribution in [0.4, 0.5) is 30.8 Å². The van der Waals surface area contributed by atoms with E-state index in [2.05, 4.69) is 15.2 Å². The predicted octanol–water partition coefficient (Wildman–Crippen LogP) is 5.28. The number of nitrogens with zero attached hydrogens (tertiary/aromatic N) is 4. The van der Waals surface area contributed by atoms with Gasteiger partial charge in [0.05, 0.1) is 5.69 Å². The average molecular weight is 607 g/mol. The Labute approximate surface area is 254 Å². The van der Waals surface area contributed by atoms with Crippen LogP contribution in [0.1, 0.15) is 32.1 Å². The highest BCUT2D eigenvalue weighted by Crippen LogP contribution is 2.45. The minimum atomic E-state index is -1.42. The number of hydrogen-bond acceptors (Lipinski definition) is 6. The number of likely N-dealkylation sites (tertiary alicyclic amines) is 1. The summed E-state index contributed by atoms with van der Waals surface area (Å²) in [5.74, 6) is -1.75. The molecule has 0 bridgehead atoms. The molecule has 2 fully saturated rings. The summed E-state index contributed by atoms with van der Waals surface area (Å²) in [5, 5.41) is 2.78. The van der Waals surface area contributed by atoms with E-state index >= 15 is 4.39 Å². The number of aromatic nitrogens is 1. The van der Waals surface area contributed by atoms with Crippen LogP contribution in [0.25, 0.3) is 0 Å². The van der Waals surface area contributed by atoms with Crippen molar-refractivity contribution in [3.05, 3.63) is 72.4 Å². The molecule has 2 heterocycles. The van der Waals surface area contributed by atoms with Crippen molar-refractivity contribution in [3.63, 3.8) is 0 Å². The molecule has 3 aromatic rings. The molecule has 3 N–H and O–H groups in total.